The number of nitrogens with one attached hydrogen (secondary N) is 2. The zero-order valence-electron chi connectivity index (χ0n) is 15.6. The van der Waals surface area contributed by atoms with Gasteiger partial charge in [-0.3, -0.25) is 14.9 Å². The van der Waals surface area contributed by atoms with Crippen molar-refractivity contribution in [1.29, 1.82) is 0 Å². The van der Waals surface area contributed by atoms with Gasteiger partial charge < -0.3 is 10.1 Å². The minimum absolute atomic E-state index is 0.195. The van der Waals surface area contributed by atoms with Crippen molar-refractivity contribution < 1.29 is 14.3 Å². The second-order valence-corrected chi connectivity index (χ2v) is 7.19. The van der Waals surface area contributed by atoms with Crippen molar-refractivity contribution in [3.8, 4) is 5.75 Å². The van der Waals surface area contributed by atoms with Gasteiger partial charge in [-0.15, -0.1) is 10.2 Å². The lowest BCUT2D eigenvalue weighted by Crippen LogP contribution is -2.13. The number of aryl methyl sites for hydroxylation is 1. The molecule has 0 aliphatic heterocycles. The van der Waals surface area contributed by atoms with Gasteiger partial charge in [0.15, 0.2) is 0 Å². The number of benzene rings is 2. The molecule has 0 saturated carbocycles. The lowest BCUT2D eigenvalue weighted by Gasteiger charge is -2.05. The van der Waals surface area contributed by atoms with Crippen LogP contribution in [0.25, 0.3) is 0 Å². The number of hydrogen-bond acceptors (Lipinski definition) is 6. The van der Waals surface area contributed by atoms with E-state index in [9.17, 15) is 9.59 Å². The fourth-order valence-electron chi connectivity index (χ4n) is 2.48. The van der Waals surface area contributed by atoms with Gasteiger partial charge in [0.25, 0.3) is 5.91 Å². The van der Waals surface area contributed by atoms with Crippen molar-refractivity contribution in [3.05, 3.63) is 64.7 Å². The van der Waals surface area contributed by atoms with Crippen LogP contribution in [0, 0.1) is 6.92 Å². The normalized spacial score (nSPS) is 10.4. The second-order valence-electron chi connectivity index (χ2n) is 6.13. The van der Waals surface area contributed by atoms with E-state index in [2.05, 4.69) is 20.8 Å². The van der Waals surface area contributed by atoms with E-state index in [4.69, 9.17) is 4.74 Å². The fraction of sp³-hybridized carbons (Fsp3) is 0.200. The van der Waals surface area contributed by atoms with Gasteiger partial charge >= 0.3 is 0 Å². The molecule has 7 nitrogen and oxygen atoms in total. The quantitative estimate of drug-likeness (QED) is 0.635. The summed E-state index contributed by atoms with van der Waals surface area (Å²) in [4.78, 5) is 23.5. The second kappa shape index (κ2) is 9.09. The number of aromatic nitrogens is 2. The SMILES string of the molecule is CC(=O)Nc1cccc(C(=O)Nc2nnc(CCOc3cccc(C)c3)s2)c1. The van der Waals surface area contributed by atoms with Crippen LogP contribution in [-0.4, -0.2) is 28.6 Å². The van der Waals surface area contributed by atoms with Crippen LogP contribution in [0.4, 0.5) is 10.8 Å². The van der Waals surface area contributed by atoms with Crippen LogP contribution in [0.15, 0.2) is 48.5 Å². The maximum Gasteiger partial charge on any atom is 0.257 e. The molecule has 0 aliphatic rings. The third-order valence-corrected chi connectivity index (χ3v) is 4.61. The Balaban J connectivity index is 1.54. The maximum atomic E-state index is 12.4. The molecule has 2 N–H and O–H groups in total. The molecule has 1 aromatic heterocycles. The molecule has 3 aromatic rings. The highest BCUT2D eigenvalue weighted by molar-refractivity contribution is 7.15. The van der Waals surface area contributed by atoms with Crippen molar-refractivity contribution in [1.82, 2.24) is 10.2 Å². The van der Waals surface area contributed by atoms with Gasteiger partial charge in [0.2, 0.25) is 11.0 Å². The lowest BCUT2D eigenvalue weighted by molar-refractivity contribution is -0.114. The maximum absolute atomic E-state index is 12.4. The molecule has 8 heteroatoms. The van der Waals surface area contributed by atoms with Crippen LogP contribution < -0.4 is 15.4 Å². The van der Waals surface area contributed by atoms with Crippen LogP contribution >= 0.6 is 11.3 Å². The van der Waals surface area contributed by atoms with Crippen LogP contribution in [0.2, 0.25) is 0 Å². The molecule has 0 radical (unpaired) electrons. The summed E-state index contributed by atoms with van der Waals surface area (Å²) in [5.41, 5.74) is 2.12. The van der Waals surface area contributed by atoms with E-state index in [0.29, 0.717) is 29.4 Å². The molecular weight excluding hydrogens is 376 g/mol. The van der Waals surface area contributed by atoms with E-state index >= 15 is 0 Å². The predicted octanol–water partition coefficient (Wildman–Crippen LogP) is 3.68. The molecule has 28 heavy (non-hydrogen) atoms. The summed E-state index contributed by atoms with van der Waals surface area (Å²) in [7, 11) is 0. The van der Waals surface area contributed by atoms with E-state index in [1.807, 2.05) is 31.2 Å². The lowest BCUT2D eigenvalue weighted by atomic mass is 10.2. The monoisotopic (exact) mass is 396 g/mol. The third kappa shape index (κ3) is 5.62. The number of nitrogens with zero attached hydrogens (tertiary/aromatic N) is 2. The number of amides is 2. The van der Waals surface area contributed by atoms with Gasteiger partial charge in [-0.25, -0.2) is 0 Å². The first-order valence-electron chi connectivity index (χ1n) is 8.70. The minimum Gasteiger partial charge on any atom is -0.493 e. The number of carbonyl (C=O) groups is 2. The topological polar surface area (TPSA) is 93.2 Å². The average Bonchev–Trinajstić information content (AvgIpc) is 3.09. The molecule has 2 amide bonds. The van der Waals surface area contributed by atoms with Gasteiger partial charge in [0.1, 0.15) is 10.8 Å². The molecule has 0 spiro atoms. The molecule has 0 fully saturated rings. The molecule has 0 unspecified atom stereocenters. The van der Waals surface area contributed by atoms with E-state index in [1.54, 1.807) is 24.3 Å². The first kappa shape index (κ1) is 19.5. The zero-order chi connectivity index (χ0) is 19.9. The number of carbonyl (C=O) groups excluding carboxylic acids is 2. The summed E-state index contributed by atoms with van der Waals surface area (Å²) in [5, 5.41) is 14.7. The van der Waals surface area contributed by atoms with Gasteiger partial charge in [-0.05, 0) is 42.8 Å². The molecule has 1 heterocycles. The van der Waals surface area contributed by atoms with E-state index in [1.165, 1.54) is 18.3 Å². The molecule has 0 atom stereocenters. The number of anilines is 2. The highest BCUT2D eigenvalue weighted by atomic mass is 32.1. The molecule has 144 valence electrons. The minimum atomic E-state index is -0.314. The average molecular weight is 396 g/mol. The Hall–Kier alpha value is -3.26. The highest BCUT2D eigenvalue weighted by Crippen LogP contribution is 2.19. The Morgan fingerprint density at radius 2 is 1.89 bits per heavy atom. The van der Waals surface area contributed by atoms with Crippen molar-refractivity contribution in [2.45, 2.75) is 20.3 Å². The smallest absolute Gasteiger partial charge is 0.257 e. The van der Waals surface area contributed by atoms with Gasteiger partial charge in [0, 0.05) is 24.6 Å². The van der Waals surface area contributed by atoms with Gasteiger partial charge in [-0.2, -0.15) is 0 Å². The van der Waals surface area contributed by atoms with Crippen LogP contribution in [0.5, 0.6) is 5.75 Å². The predicted molar refractivity (Wildman–Crippen MR) is 109 cm³/mol. The zero-order valence-corrected chi connectivity index (χ0v) is 16.4. The highest BCUT2D eigenvalue weighted by Gasteiger charge is 2.11. The Bertz CT molecular complexity index is 987. The largest absolute Gasteiger partial charge is 0.493 e. The van der Waals surface area contributed by atoms with Gasteiger partial charge in [0.05, 0.1) is 6.61 Å². The molecule has 2 aromatic carbocycles. The summed E-state index contributed by atoms with van der Waals surface area (Å²) >= 11 is 1.31. The van der Waals surface area contributed by atoms with Crippen LogP contribution in [0.1, 0.15) is 27.9 Å². The first-order valence-corrected chi connectivity index (χ1v) is 9.52. The van der Waals surface area contributed by atoms with Crippen LogP contribution in [-0.2, 0) is 11.2 Å². The Kier molecular flexibility index (Phi) is 6.33. The summed E-state index contributed by atoms with van der Waals surface area (Å²) in [6.45, 7) is 3.90. The van der Waals surface area contributed by atoms with Crippen molar-refractivity contribution in [3.63, 3.8) is 0 Å². The van der Waals surface area contributed by atoms with E-state index < -0.39 is 0 Å². The van der Waals surface area contributed by atoms with Crippen molar-refractivity contribution in [2.24, 2.45) is 0 Å². The molecule has 0 aliphatic carbocycles. The molecule has 0 saturated heterocycles. The standard InChI is InChI=1S/C20H20N4O3S/c1-13-5-3-8-17(11-13)27-10-9-18-23-24-20(28-18)22-19(26)15-6-4-7-16(12-15)21-14(2)25/h3-8,11-12H,9-10H2,1-2H3,(H,21,25)(H,22,24,26). The number of hydrogen-bond donors (Lipinski definition) is 2. The molecule has 3 rings (SSSR count). The van der Waals surface area contributed by atoms with E-state index in [0.717, 1.165) is 16.3 Å². The summed E-state index contributed by atoms with van der Waals surface area (Å²) < 4.78 is 5.71. The fourth-order valence-corrected chi connectivity index (χ4v) is 3.19. The van der Waals surface area contributed by atoms with Crippen molar-refractivity contribution >= 4 is 34.0 Å². The van der Waals surface area contributed by atoms with Crippen LogP contribution in [0.3, 0.4) is 0 Å². The Morgan fingerprint density at radius 3 is 2.68 bits per heavy atom. The Labute approximate surface area is 166 Å². The van der Waals surface area contributed by atoms with Crippen molar-refractivity contribution in [2.75, 3.05) is 17.2 Å². The molecular formula is C20H20N4O3S. The Morgan fingerprint density at radius 1 is 1.07 bits per heavy atom. The number of rotatable bonds is 7. The molecule has 0 bridgehead atoms. The van der Waals surface area contributed by atoms with E-state index in [-0.39, 0.29) is 11.8 Å². The van der Waals surface area contributed by atoms with Gasteiger partial charge in [-0.1, -0.05) is 29.5 Å². The summed E-state index contributed by atoms with van der Waals surface area (Å²) in [6, 6.07) is 14.5. The summed E-state index contributed by atoms with van der Waals surface area (Å²) in [5.74, 6) is 0.308. The third-order valence-electron chi connectivity index (χ3n) is 3.71. The first-order chi connectivity index (χ1) is 13.5. The number of ether oxygens (including phenoxy) is 1. The summed E-state index contributed by atoms with van der Waals surface area (Å²) in [6.07, 6.45) is 0.597.